The third-order valence-electron chi connectivity index (χ3n) is 9.55. The molecule has 0 aromatic carbocycles. The lowest BCUT2D eigenvalue weighted by Gasteiger charge is -2.58. The highest BCUT2D eigenvalue weighted by Crippen LogP contribution is 2.80. The van der Waals surface area contributed by atoms with Gasteiger partial charge in [0, 0.05) is 11.8 Å². The molecule has 0 spiro atoms. The van der Waals surface area contributed by atoms with Crippen LogP contribution in [0.3, 0.4) is 0 Å². The van der Waals surface area contributed by atoms with E-state index in [0.717, 1.165) is 44.9 Å². The quantitative estimate of drug-likeness (QED) is 0.815. The fourth-order valence-electron chi connectivity index (χ4n) is 8.31. The van der Waals surface area contributed by atoms with E-state index in [1.807, 2.05) is 6.08 Å². The molecule has 0 aromatic heterocycles. The summed E-state index contributed by atoms with van der Waals surface area (Å²) in [5, 5.41) is 10.1. The predicted octanol–water partition coefficient (Wildman–Crippen LogP) is 4.00. The molecule has 5 rings (SSSR count). The molecule has 0 unspecified atom stereocenters. The van der Waals surface area contributed by atoms with Gasteiger partial charge in [-0.05, 0) is 92.1 Å². The van der Waals surface area contributed by atoms with Gasteiger partial charge in [0.05, 0.1) is 0 Å². The Labute approximate surface area is 155 Å². The van der Waals surface area contributed by atoms with Crippen molar-refractivity contribution in [2.75, 3.05) is 0 Å². The molecule has 3 heteroatoms. The lowest BCUT2D eigenvalue weighted by Crippen LogP contribution is -2.54. The minimum atomic E-state index is -0.848. The van der Waals surface area contributed by atoms with E-state index in [4.69, 9.17) is 0 Å². The Kier molecular flexibility index (Phi) is 3.37. The standard InChI is InChI=1S/C23H30O3/c1-14(24)20(26)23-11-9-22(10-12-23)19-6-3-15-13-16(25)4-5-17(15)18(19)7-8-21(22,23)2/h3,6,13-14,17-19,24H,4-5,7-12H2,1-2H3/t14-,17-,18+,19+,21-,22?,23?/m0/s1. The molecule has 26 heavy (non-hydrogen) atoms. The monoisotopic (exact) mass is 354 g/mol. The molecule has 0 heterocycles. The number of hydrogen-bond acceptors (Lipinski definition) is 3. The zero-order valence-corrected chi connectivity index (χ0v) is 16.0. The molecule has 3 saturated carbocycles. The van der Waals surface area contributed by atoms with Crippen LogP contribution in [0.2, 0.25) is 0 Å². The number of carbonyl (C=O) groups excluding carboxylic acids is 2. The number of hydrogen-bond donors (Lipinski definition) is 1. The summed E-state index contributed by atoms with van der Waals surface area (Å²) in [6.45, 7) is 4.02. The van der Waals surface area contributed by atoms with Gasteiger partial charge in [0.25, 0.3) is 0 Å². The largest absolute Gasteiger partial charge is 0.386 e. The van der Waals surface area contributed by atoms with Crippen molar-refractivity contribution in [3.63, 3.8) is 0 Å². The van der Waals surface area contributed by atoms with E-state index in [9.17, 15) is 14.7 Å². The predicted molar refractivity (Wildman–Crippen MR) is 99.3 cm³/mol. The van der Waals surface area contributed by atoms with Gasteiger partial charge >= 0.3 is 0 Å². The fraction of sp³-hybridized carbons (Fsp3) is 0.739. The molecular formula is C23H30O3. The number of Topliss-reactive ketones (excluding diaryl/α,β-unsaturated/α-hetero) is 1. The summed E-state index contributed by atoms with van der Waals surface area (Å²) in [5.41, 5.74) is 1.18. The smallest absolute Gasteiger partial charge is 0.167 e. The average Bonchev–Trinajstić information content (AvgIpc) is 3.05. The number of fused-ring (bicyclic) bond motifs is 3. The molecule has 140 valence electrons. The molecule has 3 fully saturated rings. The van der Waals surface area contributed by atoms with Crippen LogP contribution in [0, 0.1) is 34.0 Å². The number of allylic oxidation sites excluding steroid dienone is 4. The maximum Gasteiger partial charge on any atom is 0.167 e. The second kappa shape index (κ2) is 5.19. The molecule has 5 aliphatic carbocycles. The molecule has 3 nitrogen and oxygen atoms in total. The molecule has 5 atom stereocenters. The van der Waals surface area contributed by atoms with Crippen LogP contribution in [0.5, 0.6) is 0 Å². The highest BCUT2D eigenvalue weighted by molar-refractivity contribution is 5.92. The summed E-state index contributed by atoms with van der Waals surface area (Å²) in [6.07, 6.45) is 13.8. The van der Waals surface area contributed by atoms with E-state index in [0.29, 0.717) is 24.2 Å². The van der Waals surface area contributed by atoms with Crippen LogP contribution in [-0.2, 0) is 9.59 Å². The average molecular weight is 354 g/mol. The lowest BCUT2D eigenvalue weighted by molar-refractivity contribution is -0.146. The number of rotatable bonds is 2. The number of carbonyl (C=O) groups is 2. The van der Waals surface area contributed by atoms with Crippen LogP contribution < -0.4 is 0 Å². The van der Waals surface area contributed by atoms with Crippen molar-refractivity contribution in [1.82, 2.24) is 0 Å². The van der Waals surface area contributed by atoms with Gasteiger partial charge in [0.1, 0.15) is 6.10 Å². The Bertz CT molecular complexity index is 735. The minimum Gasteiger partial charge on any atom is -0.386 e. The Hall–Kier alpha value is -1.22. The van der Waals surface area contributed by atoms with Gasteiger partial charge in [-0.3, -0.25) is 9.59 Å². The summed E-state index contributed by atoms with van der Waals surface area (Å²) >= 11 is 0. The van der Waals surface area contributed by atoms with Crippen LogP contribution in [-0.4, -0.2) is 22.8 Å². The van der Waals surface area contributed by atoms with Gasteiger partial charge < -0.3 is 5.11 Å². The lowest BCUT2D eigenvalue weighted by atomic mass is 9.46. The first-order valence-corrected chi connectivity index (χ1v) is 10.5. The van der Waals surface area contributed by atoms with Gasteiger partial charge in [-0.1, -0.05) is 19.1 Å². The fourth-order valence-corrected chi connectivity index (χ4v) is 8.31. The van der Waals surface area contributed by atoms with Gasteiger partial charge in [-0.25, -0.2) is 0 Å². The normalized spacial score (nSPS) is 49.9. The van der Waals surface area contributed by atoms with Crippen LogP contribution >= 0.6 is 0 Å². The first kappa shape index (κ1) is 16.9. The molecule has 2 bridgehead atoms. The van der Waals surface area contributed by atoms with Gasteiger partial charge in [-0.15, -0.1) is 0 Å². The molecule has 0 aromatic rings. The first-order valence-electron chi connectivity index (χ1n) is 10.5. The van der Waals surface area contributed by atoms with E-state index in [2.05, 4.69) is 19.1 Å². The van der Waals surface area contributed by atoms with Crippen molar-refractivity contribution in [1.29, 1.82) is 0 Å². The second-order valence-electron chi connectivity index (χ2n) is 9.95. The molecule has 5 aliphatic rings. The second-order valence-corrected chi connectivity index (χ2v) is 9.95. The number of ketones is 2. The zero-order chi connectivity index (χ0) is 18.3. The minimum absolute atomic E-state index is 0.0191. The number of aliphatic hydroxyl groups excluding tert-OH is 1. The van der Waals surface area contributed by atoms with Crippen molar-refractivity contribution >= 4 is 11.6 Å². The van der Waals surface area contributed by atoms with Crippen LogP contribution in [0.1, 0.15) is 65.2 Å². The van der Waals surface area contributed by atoms with Crippen molar-refractivity contribution in [3.8, 4) is 0 Å². The highest BCUT2D eigenvalue weighted by Gasteiger charge is 2.75. The number of aliphatic hydroxyl groups is 1. The molecule has 1 N–H and O–H groups in total. The van der Waals surface area contributed by atoms with Crippen molar-refractivity contribution in [3.05, 3.63) is 23.8 Å². The summed E-state index contributed by atoms with van der Waals surface area (Å²) in [5.74, 6) is 2.07. The summed E-state index contributed by atoms with van der Waals surface area (Å²) in [7, 11) is 0. The Morgan fingerprint density at radius 3 is 2.62 bits per heavy atom. The van der Waals surface area contributed by atoms with Crippen LogP contribution in [0.15, 0.2) is 23.8 Å². The molecule has 0 amide bonds. The SMILES string of the molecule is C[C@H](O)C(=O)C12CCC3(CC1)[C@@H]1C=CC4=CC(=O)CC[C@@H]4[C@H]1CC[C@]23C. The zero-order valence-electron chi connectivity index (χ0n) is 16.0. The first-order chi connectivity index (χ1) is 12.3. The van der Waals surface area contributed by atoms with E-state index in [1.54, 1.807) is 6.92 Å². The van der Waals surface area contributed by atoms with Crippen molar-refractivity contribution in [2.24, 2.45) is 34.0 Å². The Morgan fingerprint density at radius 2 is 1.92 bits per heavy atom. The molecule has 0 saturated heterocycles. The van der Waals surface area contributed by atoms with Gasteiger partial charge in [-0.2, -0.15) is 0 Å². The Balaban J connectivity index is 1.58. The molecule has 0 aliphatic heterocycles. The third kappa shape index (κ3) is 1.74. The van der Waals surface area contributed by atoms with Gasteiger partial charge in [0.15, 0.2) is 11.6 Å². The van der Waals surface area contributed by atoms with E-state index in [1.165, 1.54) is 5.57 Å². The third-order valence-corrected chi connectivity index (χ3v) is 9.55. The van der Waals surface area contributed by atoms with Crippen LogP contribution in [0.25, 0.3) is 0 Å². The highest BCUT2D eigenvalue weighted by atomic mass is 16.3. The summed E-state index contributed by atoms with van der Waals surface area (Å²) in [6, 6.07) is 0. The maximum atomic E-state index is 13.1. The van der Waals surface area contributed by atoms with Gasteiger partial charge in [0.2, 0.25) is 0 Å². The van der Waals surface area contributed by atoms with E-state index < -0.39 is 6.10 Å². The summed E-state index contributed by atoms with van der Waals surface area (Å²) < 4.78 is 0. The maximum absolute atomic E-state index is 13.1. The Morgan fingerprint density at radius 1 is 1.19 bits per heavy atom. The summed E-state index contributed by atoms with van der Waals surface area (Å²) in [4.78, 5) is 24.9. The van der Waals surface area contributed by atoms with E-state index in [-0.39, 0.29) is 27.8 Å². The van der Waals surface area contributed by atoms with Crippen LogP contribution in [0.4, 0.5) is 0 Å². The topological polar surface area (TPSA) is 54.4 Å². The van der Waals surface area contributed by atoms with Crippen molar-refractivity contribution in [2.45, 2.75) is 71.3 Å². The van der Waals surface area contributed by atoms with Crippen molar-refractivity contribution < 1.29 is 14.7 Å². The molecular weight excluding hydrogens is 324 g/mol. The molecule has 0 radical (unpaired) electrons. The van der Waals surface area contributed by atoms with E-state index >= 15 is 0 Å².